The van der Waals surface area contributed by atoms with E-state index in [1.165, 1.54) is 0 Å². The fraction of sp³-hybridized carbons (Fsp3) is 0.857. The minimum atomic E-state index is 0.105. The molecule has 1 atom stereocenters. The summed E-state index contributed by atoms with van der Waals surface area (Å²) in [5.41, 5.74) is 5.20. The largest absolute Gasteiger partial charge is 0.409 e. The van der Waals surface area contributed by atoms with Crippen LogP contribution in [0.4, 0.5) is 0 Å². The molecule has 5 heteroatoms. The molecule has 3 N–H and O–H groups in total. The molecule has 1 aliphatic heterocycles. The van der Waals surface area contributed by atoms with Crippen molar-refractivity contribution in [1.29, 1.82) is 0 Å². The van der Waals surface area contributed by atoms with E-state index in [0.29, 0.717) is 12.5 Å². The second-order valence-electron chi connectivity index (χ2n) is 2.84. The maximum atomic E-state index is 8.19. The van der Waals surface area contributed by atoms with Gasteiger partial charge < -0.3 is 20.4 Å². The third kappa shape index (κ3) is 3.06. The van der Waals surface area contributed by atoms with Crippen molar-refractivity contribution in [2.45, 2.75) is 6.42 Å². The lowest BCUT2D eigenvalue weighted by molar-refractivity contribution is 0.112. The molecule has 5 nitrogen and oxygen atoms in total. The van der Waals surface area contributed by atoms with Crippen LogP contribution < -0.4 is 5.73 Å². The molecule has 0 radical (unpaired) electrons. The van der Waals surface area contributed by atoms with Gasteiger partial charge in [0.05, 0.1) is 13.2 Å². The minimum Gasteiger partial charge on any atom is -0.409 e. The van der Waals surface area contributed by atoms with Crippen molar-refractivity contribution in [3.63, 3.8) is 0 Å². The van der Waals surface area contributed by atoms with Crippen LogP contribution in [0.15, 0.2) is 5.16 Å². The molecule has 0 amide bonds. The first-order valence-electron chi connectivity index (χ1n) is 3.95. The van der Waals surface area contributed by atoms with Crippen molar-refractivity contribution in [3.8, 4) is 0 Å². The van der Waals surface area contributed by atoms with E-state index in [9.17, 15) is 0 Å². The average Bonchev–Trinajstić information content (AvgIpc) is 2.57. The second-order valence-corrected chi connectivity index (χ2v) is 2.84. The first kappa shape index (κ1) is 9.28. The maximum Gasteiger partial charge on any atom is 0.165 e. The van der Waals surface area contributed by atoms with E-state index < -0.39 is 0 Å². The molecular formula is C7H14N2O3. The van der Waals surface area contributed by atoms with Gasteiger partial charge in [0.15, 0.2) is 5.84 Å². The van der Waals surface area contributed by atoms with Gasteiger partial charge in [0.25, 0.3) is 0 Å². The summed E-state index contributed by atoms with van der Waals surface area (Å²) in [7, 11) is 0. The smallest absolute Gasteiger partial charge is 0.165 e. The third-order valence-electron chi connectivity index (χ3n) is 1.76. The fourth-order valence-corrected chi connectivity index (χ4v) is 1.07. The zero-order valence-corrected chi connectivity index (χ0v) is 6.90. The van der Waals surface area contributed by atoms with Crippen molar-refractivity contribution in [1.82, 2.24) is 0 Å². The highest BCUT2D eigenvalue weighted by Crippen LogP contribution is 2.11. The lowest BCUT2D eigenvalue weighted by atomic mass is 10.1. The van der Waals surface area contributed by atoms with Crippen molar-refractivity contribution >= 4 is 5.84 Å². The lowest BCUT2D eigenvalue weighted by Gasteiger charge is -2.07. The van der Waals surface area contributed by atoms with E-state index in [1.807, 2.05) is 0 Å². The molecule has 0 aromatic carbocycles. The molecule has 70 valence electrons. The van der Waals surface area contributed by atoms with Gasteiger partial charge in [-0.2, -0.15) is 0 Å². The summed E-state index contributed by atoms with van der Waals surface area (Å²) in [5, 5.41) is 11.0. The maximum absolute atomic E-state index is 8.19. The van der Waals surface area contributed by atoms with Crippen LogP contribution in [0.3, 0.4) is 0 Å². The molecule has 0 aliphatic carbocycles. The Bertz CT molecular complexity index is 155. The van der Waals surface area contributed by atoms with Gasteiger partial charge in [-0.1, -0.05) is 5.16 Å². The van der Waals surface area contributed by atoms with Crippen LogP contribution in [0.1, 0.15) is 6.42 Å². The summed E-state index contributed by atoms with van der Waals surface area (Å²) in [5.74, 6) is 0.574. The monoisotopic (exact) mass is 174 g/mol. The molecule has 1 saturated heterocycles. The Morgan fingerprint density at radius 2 is 2.58 bits per heavy atom. The first-order valence-corrected chi connectivity index (χ1v) is 3.95. The van der Waals surface area contributed by atoms with Gasteiger partial charge in [0.2, 0.25) is 0 Å². The van der Waals surface area contributed by atoms with Gasteiger partial charge in [0.1, 0.15) is 6.61 Å². The summed E-state index contributed by atoms with van der Waals surface area (Å²) in [6.07, 6.45) is 1.04. The number of rotatable bonds is 4. The predicted octanol–water partition coefficient (Wildman–Crippen LogP) is -0.214. The molecule has 1 heterocycles. The van der Waals surface area contributed by atoms with Gasteiger partial charge >= 0.3 is 0 Å². The highest BCUT2D eigenvalue weighted by Gasteiger charge is 2.15. The zero-order valence-electron chi connectivity index (χ0n) is 6.90. The van der Waals surface area contributed by atoms with Crippen molar-refractivity contribution in [2.24, 2.45) is 16.8 Å². The highest BCUT2D eigenvalue weighted by molar-refractivity contribution is 5.80. The Hall–Kier alpha value is -0.810. The molecule has 1 rings (SSSR count). The van der Waals surface area contributed by atoms with Gasteiger partial charge in [-0.05, 0) is 6.42 Å². The highest BCUT2D eigenvalue weighted by atomic mass is 16.5. The van der Waals surface area contributed by atoms with E-state index in [2.05, 4.69) is 5.16 Å². The molecule has 0 aromatic rings. The van der Waals surface area contributed by atoms with Crippen LogP contribution in [-0.4, -0.2) is 37.5 Å². The van der Waals surface area contributed by atoms with E-state index in [-0.39, 0.29) is 12.4 Å². The molecule has 0 bridgehead atoms. The molecule has 0 spiro atoms. The molecule has 1 fully saturated rings. The van der Waals surface area contributed by atoms with Crippen LogP contribution in [0, 0.1) is 5.92 Å². The number of nitrogens with two attached hydrogens (primary N) is 1. The second kappa shape index (κ2) is 4.95. The Kier molecular flexibility index (Phi) is 3.83. The van der Waals surface area contributed by atoms with Gasteiger partial charge in [-0.15, -0.1) is 0 Å². The number of nitrogens with zero attached hydrogens (tertiary/aromatic N) is 1. The summed E-state index contributed by atoms with van der Waals surface area (Å²) < 4.78 is 10.3. The van der Waals surface area contributed by atoms with Gasteiger partial charge in [0, 0.05) is 12.5 Å². The molecule has 0 unspecified atom stereocenters. The molecule has 1 aliphatic rings. The topological polar surface area (TPSA) is 77.1 Å². The summed E-state index contributed by atoms with van der Waals surface area (Å²) >= 11 is 0. The van der Waals surface area contributed by atoms with E-state index in [4.69, 9.17) is 20.4 Å². The Balaban J connectivity index is 2.01. The van der Waals surface area contributed by atoms with Crippen LogP contribution >= 0.6 is 0 Å². The van der Waals surface area contributed by atoms with Crippen LogP contribution in [0.25, 0.3) is 0 Å². The average molecular weight is 174 g/mol. The van der Waals surface area contributed by atoms with Crippen LogP contribution in [-0.2, 0) is 9.47 Å². The number of amidine groups is 1. The quantitative estimate of drug-likeness (QED) is 0.267. The summed E-state index contributed by atoms with van der Waals surface area (Å²) in [4.78, 5) is 0. The molecular weight excluding hydrogens is 160 g/mol. The number of hydrogen-bond donors (Lipinski definition) is 2. The Morgan fingerprint density at radius 1 is 1.75 bits per heavy atom. The van der Waals surface area contributed by atoms with Crippen molar-refractivity contribution < 1.29 is 14.7 Å². The summed E-state index contributed by atoms with van der Waals surface area (Å²) in [6.45, 7) is 2.39. The lowest BCUT2D eigenvalue weighted by Crippen LogP contribution is -2.21. The predicted molar refractivity (Wildman–Crippen MR) is 43.2 cm³/mol. The third-order valence-corrected chi connectivity index (χ3v) is 1.76. The molecule has 0 saturated carbocycles. The normalized spacial score (nSPS) is 24.7. The van der Waals surface area contributed by atoms with Gasteiger partial charge in [-0.3, -0.25) is 0 Å². The van der Waals surface area contributed by atoms with E-state index >= 15 is 0 Å². The molecule has 0 aromatic heterocycles. The minimum absolute atomic E-state index is 0.105. The van der Waals surface area contributed by atoms with Crippen molar-refractivity contribution in [2.75, 3.05) is 26.4 Å². The summed E-state index contributed by atoms with van der Waals surface area (Å²) in [6, 6.07) is 0. The number of oxime groups is 1. The van der Waals surface area contributed by atoms with Crippen LogP contribution in [0.5, 0.6) is 0 Å². The fourth-order valence-electron chi connectivity index (χ4n) is 1.07. The van der Waals surface area contributed by atoms with Crippen LogP contribution in [0.2, 0.25) is 0 Å². The zero-order chi connectivity index (χ0) is 8.81. The number of hydrogen-bond acceptors (Lipinski definition) is 4. The first-order chi connectivity index (χ1) is 5.83. The SMILES string of the molecule is N/C(COC[C@@H]1CCOC1)=N\O. The van der Waals surface area contributed by atoms with Gasteiger partial charge in [-0.25, -0.2) is 0 Å². The van der Waals surface area contributed by atoms with E-state index in [1.54, 1.807) is 0 Å². The molecule has 12 heavy (non-hydrogen) atoms. The number of ether oxygens (including phenoxy) is 2. The Labute approximate surface area is 71.1 Å². The standard InChI is InChI=1S/C7H14N2O3/c8-7(9-10)5-12-4-6-1-2-11-3-6/h6,10H,1-5H2,(H2,8,9)/t6-/m1/s1. The van der Waals surface area contributed by atoms with E-state index in [0.717, 1.165) is 19.6 Å². The van der Waals surface area contributed by atoms with Crippen molar-refractivity contribution in [3.05, 3.63) is 0 Å². The Morgan fingerprint density at radius 3 is 3.17 bits per heavy atom.